The number of nitrogens with two attached hydrogens (primary N) is 1. The fourth-order valence-electron chi connectivity index (χ4n) is 3.61. The minimum atomic E-state index is -0.393. The van der Waals surface area contributed by atoms with E-state index in [1.807, 2.05) is 31.2 Å². The maximum atomic E-state index is 13.2. The van der Waals surface area contributed by atoms with Gasteiger partial charge in [-0.15, -0.1) is 11.3 Å². The zero-order valence-electron chi connectivity index (χ0n) is 17.2. The first-order chi connectivity index (χ1) is 13.9. The molecule has 0 aliphatic rings. The molecule has 29 heavy (non-hydrogen) atoms. The molecule has 2 atom stereocenters. The van der Waals surface area contributed by atoms with E-state index in [4.69, 9.17) is 4.74 Å². The van der Waals surface area contributed by atoms with Gasteiger partial charge in [0, 0.05) is 11.3 Å². The molecule has 5 nitrogen and oxygen atoms in total. The number of ether oxygens (including phenoxy) is 1. The number of carbonyl (C=O) groups is 2. The van der Waals surface area contributed by atoms with Crippen LogP contribution in [-0.4, -0.2) is 29.4 Å². The molecule has 0 unspecified atom stereocenters. The van der Waals surface area contributed by atoms with Crippen LogP contribution in [0.5, 0.6) is 0 Å². The Labute approximate surface area is 175 Å². The van der Waals surface area contributed by atoms with Crippen LogP contribution in [0.25, 0.3) is 0 Å². The van der Waals surface area contributed by atoms with Crippen molar-refractivity contribution in [1.29, 1.82) is 0 Å². The molecule has 152 valence electrons. The fraction of sp³-hybridized carbons (Fsp3) is 0.304. The maximum Gasteiger partial charge on any atom is 0.340 e. The predicted octanol–water partition coefficient (Wildman–Crippen LogP) is 3.79. The van der Waals surface area contributed by atoms with Gasteiger partial charge >= 0.3 is 5.97 Å². The van der Waals surface area contributed by atoms with E-state index >= 15 is 0 Å². The van der Waals surface area contributed by atoms with E-state index in [2.05, 4.69) is 33.9 Å². The lowest BCUT2D eigenvalue weighted by Crippen LogP contribution is -2.92. The molecule has 1 aromatic carbocycles. The van der Waals surface area contributed by atoms with E-state index in [0.717, 1.165) is 5.56 Å². The zero-order chi connectivity index (χ0) is 21.0. The summed E-state index contributed by atoms with van der Waals surface area (Å²) in [7, 11) is 0. The van der Waals surface area contributed by atoms with Crippen LogP contribution in [0.1, 0.15) is 62.4 Å². The monoisotopic (exact) mass is 411 g/mol. The minimum absolute atomic E-state index is 0.0290. The average Bonchev–Trinajstić information content (AvgIpc) is 3.34. The van der Waals surface area contributed by atoms with Crippen molar-refractivity contribution in [2.45, 2.75) is 39.8 Å². The minimum Gasteiger partial charge on any atom is -0.462 e. The molecule has 3 N–H and O–H groups in total. The van der Waals surface area contributed by atoms with Crippen LogP contribution in [0.15, 0.2) is 47.8 Å². The third-order valence-electron chi connectivity index (χ3n) is 5.07. The molecule has 3 aromatic rings. The summed E-state index contributed by atoms with van der Waals surface area (Å²) in [5.41, 5.74) is 3.40. The quantitative estimate of drug-likeness (QED) is 0.437. The predicted molar refractivity (Wildman–Crippen MR) is 115 cm³/mol. The van der Waals surface area contributed by atoms with Gasteiger partial charge in [-0.1, -0.05) is 36.4 Å². The Morgan fingerprint density at radius 1 is 1.14 bits per heavy atom. The largest absolute Gasteiger partial charge is 0.462 e. The molecule has 0 fully saturated rings. The molecule has 6 heteroatoms. The van der Waals surface area contributed by atoms with E-state index in [0.29, 0.717) is 29.1 Å². The highest BCUT2D eigenvalue weighted by Crippen LogP contribution is 2.24. The van der Waals surface area contributed by atoms with Crippen LogP contribution in [0.3, 0.4) is 0 Å². The molecule has 0 bridgehead atoms. The lowest BCUT2D eigenvalue weighted by atomic mass is 10.0. The third kappa shape index (κ3) is 4.49. The standard InChI is InChI=1S/C23H26N2O3S/c1-5-28-23(27)19-14(2)20(24-15(19)3)22(26)16(4)25-21(18-12-9-13-29-18)17-10-7-6-8-11-17/h6-13,16,21,24-25H,5H2,1-4H3/p+1/t16-,21-/m0/s1. The summed E-state index contributed by atoms with van der Waals surface area (Å²) in [5, 5.41) is 4.14. The summed E-state index contributed by atoms with van der Waals surface area (Å²) < 4.78 is 5.14. The van der Waals surface area contributed by atoms with Crippen molar-refractivity contribution in [1.82, 2.24) is 4.98 Å². The van der Waals surface area contributed by atoms with Crippen molar-refractivity contribution in [3.63, 3.8) is 0 Å². The summed E-state index contributed by atoms with van der Waals surface area (Å²) in [6.07, 6.45) is 0. The van der Waals surface area contributed by atoms with E-state index in [1.165, 1.54) is 4.88 Å². The molecule has 0 amide bonds. The number of ketones is 1. The zero-order valence-corrected chi connectivity index (χ0v) is 18.0. The maximum absolute atomic E-state index is 13.2. The van der Waals surface area contributed by atoms with Gasteiger partial charge in [0.25, 0.3) is 0 Å². The molecule has 0 aliphatic carbocycles. The molecule has 0 spiro atoms. The molecular formula is C23H27N2O3S+. The second-order valence-corrected chi connectivity index (χ2v) is 8.07. The first kappa shape index (κ1) is 21.0. The third-order valence-corrected chi connectivity index (χ3v) is 6.02. The Morgan fingerprint density at radius 3 is 2.48 bits per heavy atom. The topological polar surface area (TPSA) is 75.8 Å². The number of carbonyl (C=O) groups excluding carboxylic acids is 2. The SMILES string of the molecule is CCOC(=O)c1c(C)[nH]c(C(=O)[C@H](C)[NH2+][C@@H](c2ccccc2)c2cccs2)c1C. The number of esters is 1. The van der Waals surface area contributed by atoms with Gasteiger partial charge in [0.15, 0.2) is 0 Å². The van der Waals surface area contributed by atoms with Gasteiger partial charge in [-0.3, -0.25) is 4.79 Å². The van der Waals surface area contributed by atoms with Crippen molar-refractivity contribution < 1.29 is 19.6 Å². The summed E-state index contributed by atoms with van der Waals surface area (Å²) in [5.74, 6) is -0.422. The van der Waals surface area contributed by atoms with Crippen LogP contribution < -0.4 is 5.32 Å². The Balaban J connectivity index is 1.86. The van der Waals surface area contributed by atoms with Crippen LogP contribution in [0.2, 0.25) is 0 Å². The lowest BCUT2D eigenvalue weighted by molar-refractivity contribution is -0.703. The van der Waals surface area contributed by atoms with Gasteiger partial charge in [-0.25, -0.2) is 4.79 Å². The number of hydrogen-bond donors (Lipinski definition) is 2. The molecule has 2 heterocycles. The number of rotatable bonds is 8. The first-order valence-electron chi connectivity index (χ1n) is 9.77. The van der Waals surface area contributed by atoms with Crippen molar-refractivity contribution in [2.75, 3.05) is 6.61 Å². The summed E-state index contributed by atoms with van der Waals surface area (Å²) in [4.78, 5) is 29.8. The Kier molecular flexibility index (Phi) is 6.67. The number of aryl methyl sites for hydroxylation is 1. The first-order valence-corrected chi connectivity index (χ1v) is 10.7. The highest BCUT2D eigenvalue weighted by molar-refractivity contribution is 7.10. The van der Waals surface area contributed by atoms with Crippen LogP contribution in [0, 0.1) is 13.8 Å². The van der Waals surface area contributed by atoms with Gasteiger partial charge < -0.3 is 15.0 Å². The second kappa shape index (κ2) is 9.20. The lowest BCUT2D eigenvalue weighted by Gasteiger charge is -2.19. The van der Waals surface area contributed by atoms with E-state index in [9.17, 15) is 9.59 Å². The number of Topliss-reactive ketones (excluding diaryl/α,β-unsaturated/α-hetero) is 1. The molecular weight excluding hydrogens is 384 g/mol. The smallest absolute Gasteiger partial charge is 0.340 e. The number of benzene rings is 1. The average molecular weight is 412 g/mol. The molecule has 2 aromatic heterocycles. The Hall–Kier alpha value is -2.70. The van der Waals surface area contributed by atoms with Crippen molar-refractivity contribution in [3.05, 3.63) is 80.8 Å². The van der Waals surface area contributed by atoms with Gasteiger partial charge in [-0.05, 0) is 44.7 Å². The number of H-pyrrole nitrogens is 1. The molecule has 0 saturated carbocycles. The second-order valence-electron chi connectivity index (χ2n) is 7.09. The molecule has 3 rings (SSSR count). The normalized spacial score (nSPS) is 13.1. The van der Waals surface area contributed by atoms with Gasteiger partial charge in [-0.2, -0.15) is 0 Å². The Bertz CT molecular complexity index is 977. The van der Waals surface area contributed by atoms with Gasteiger partial charge in [0.2, 0.25) is 5.78 Å². The summed E-state index contributed by atoms with van der Waals surface area (Å²) in [6.45, 7) is 7.57. The fourth-order valence-corrected chi connectivity index (χ4v) is 4.44. The number of nitrogens with one attached hydrogen (secondary N) is 1. The number of quaternary nitrogens is 1. The van der Waals surface area contributed by atoms with Crippen LogP contribution in [0.4, 0.5) is 0 Å². The summed E-state index contributed by atoms with van der Waals surface area (Å²) in [6, 6.07) is 14.0. The van der Waals surface area contributed by atoms with Crippen LogP contribution >= 0.6 is 11.3 Å². The van der Waals surface area contributed by atoms with E-state index < -0.39 is 5.97 Å². The van der Waals surface area contributed by atoms with Crippen molar-refractivity contribution >= 4 is 23.1 Å². The number of hydrogen-bond acceptors (Lipinski definition) is 4. The van der Waals surface area contributed by atoms with Crippen molar-refractivity contribution in [2.24, 2.45) is 0 Å². The number of thiophene rings is 1. The summed E-state index contributed by atoms with van der Waals surface area (Å²) >= 11 is 1.68. The highest BCUT2D eigenvalue weighted by atomic mass is 32.1. The van der Waals surface area contributed by atoms with Gasteiger partial charge in [0.1, 0.15) is 12.1 Å². The number of aromatic amines is 1. The molecule has 0 saturated heterocycles. The van der Waals surface area contributed by atoms with Crippen LogP contribution in [-0.2, 0) is 4.74 Å². The van der Waals surface area contributed by atoms with Crippen molar-refractivity contribution in [3.8, 4) is 0 Å². The molecule has 0 radical (unpaired) electrons. The number of aromatic nitrogens is 1. The Morgan fingerprint density at radius 2 is 1.86 bits per heavy atom. The highest BCUT2D eigenvalue weighted by Gasteiger charge is 2.30. The van der Waals surface area contributed by atoms with E-state index in [1.54, 1.807) is 32.1 Å². The van der Waals surface area contributed by atoms with E-state index in [-0.39, 0.29) is 17.9 Å². The molecule has 0 aliphatic heterocycles. The van der Waals surface area contributed by atoms with Gasteiger partial charge in [0.05, 0.1) is 22.7 Å².